The van der Waals surface area contributed by atoms with Crippen LogP contribution in [0.3, 0.4) is 0 Å². The average molecular weight is 312 g/mol. The van der Waals surface area contributed by atoms with Crippen LogP contribution in [0, 0.1) is 0 Å². The second-order valence-corrected chi connectivity index (χ2v) is 4.24. The van der Waals surface area contributed by atoms with E-state index in [0.717, 1.165) is 6.07 Å². The molecule has 0 radical (unpaired) electrons. The highest BCUT2D eigenvalue weighted by atomic mass is 35.5. The first kappa shape index (κ1) is 13.9. The Morgan fingerprint density at radius 3 is 1.69 bits per heavy atom. The van der Waals surface area contributed by atoms with Gasteiger partial charge in [0.15, 0.2) is 0 Å². The van der Waals surface area contributed by atoms with Gasteiger partial charge >= 0.3 is 6.18 Å². The van der Waals surface area contributed by atoms with Crippen molar-refractivity contribution in [3.63, 3.8) is 0 Å². The van der Waals surface area contributed by atoms with Crippen molar-refractivity contribution in [1.82, 2.24) is 0 Å². The highest BCUT2D eigenvalue weighted by Gasteiger charge is 2.42. The lowest BCUT2D eigenvalue weighted by molar-refractivity contribution is -0.0885. The van der Waals surface area contributed by atoms with Gasteiger partial charge in [-0.25, -0.2) is 0 Å². The van der Waals surface area contributed by atoms with E-state index in [9.17, 15) is 18.0 Å². The van der Waals surface area contributed by atoms with E-state index in [2.05, 4.69) is 0 Å². The van der Waals surface area contributed by atoms with Gasteiger partial charge in [-0.2, -0.15) is 13.2 Å². The van der Waals surface area contributed by atoms with Crippen LogP contribution >= 0.6 is 46.4 Å². The topological polar surface area (TPSA) is 17.1 Å². The fraction of sp³-hybridized carbons (Fsp3) is 0.125. The minimum atomic E-state index is -5.10. The Morgan fingerprint density at radius 1 is 1.00 bits per heavy atom. The molecule has 88 valence electrons. The molecular formula is C8HCl4F3O. The van der Waals surface area contributed by atoms with Gasteiger partial charge in [-0.05, 0) is 6.07 Å². The third-order valence-corrected chi connectivity index (χ3v) is 3.17. The van der Waals surface area contributed by atoms with E-state index in [-0.39, 0.29) is 10.0 Å². The van der Waals surface area contributed by atoms with E-state index < -0.39 is 27.6 Å². The molecule has 0 aromatic heterocycles. The maximum Gasteiger partial charge on any atom is 0.454 e. The number of ketones is 1. The Balaban J connectivity index is 3.50. The van der Waals surface area contributed by atoms with E-state index in [0.29, 0.717) is 0 Å². The molecule has 16 heavy (non-hydrogen) atoms. The minimum absolute atomic E-state index is 0.274. The molecule has 1 aromatic carbocycles. The van der Waals surface area contributed by atoms with Crippen LogP contribution in [0.4, 0.5) is 13.2 Å². The average Bonchev–Trinajstić information content (AvgIpc) is 2.13. The summed E-state index contributed by atoms with van der Waals surface area (Å²) in [5.41, 5.74) is -0.937. The first-order valence-corrected chi connectivity index (χ1v) is 5.12. The number of rotatable bonds is 1. The highest BCUT2D eigenvalue weighted by molar-refractivity contribution is 6.50. The molecule has 0 unspecified atom stereocenters. The van der Waals surface area contributed by atoms with E-state index in [1.165, 1.54) is 0 Å². The van der Waals surface area contributed by atoms with Crippen molar-refractivity contribution in [3.05, 3.63) is 31.7 Å². The third-order valence-electron chi connectivity index (χ3n) is 1.60. The van der Waals surface area contributed by atoms with Crippen LogP contribution in [0.15, 0.2) is 6.07 Å². The smallest absolute Gasteiger partial charge is 0.284 e. The summed E-state index contributed by atoms with van der Waals surface area (Å²) in [4.78, 5) is 11.0. The van der Waals surface area contributed by atoms with Crippen molar-refractivity contribution in [1.29, 1.82) is 0 Å². The predicted octanol–water partition coefficient (Wildman–Crippen LogP) is 5.05. The summed E-state index contributed by atoms with van der Waals surface area (Å²) in [5, 5.41) is -1.69. The van der Waals surface area contributed by atoms with Crippen molar-refractivity contribution in [2.45, 2.75) is 6.18 Å². The van der Waals surface area contributed by atoms with Crippen molar-refractivity contribution >= 4 is 52.2 Å². The van der Waals surface area contributed by atoms with E-state index in [4.69, 9.17) is 46.4 Å². The summed E-state index contributed by atoms with van der Waals surface area (Å²) in [6.45, 7) is 0. The van der Waals surface area contributed by atoms with Gasteiger partial charge in [-0.15, -0.1) is 0 Å². The quantitative estimate of drug-likeness (QED) is 0.524. The maximum atomic E-state index is 12.2. The van der Waals surface area contributed by atoms with Gasteiger partial charge < -0.3 is 0 Å². The van der Waals surface area contributed by atoms with Crippen LogP contribution in [-0.2, 0) is 0 Å². The molecule has 0 aliphatic heterocycles. The monoisotopic (exact) mass is 310 g/mol. The summed E-state index contributed by atoms with van der Waals surface area (Å²) < 4.78 is 36.6. The second kappa shape index (κ2) is 4.61. The van der Waals surface area contributed by atoms with Crippen molar-refractivity contribution in [3.8, 4) is 0 Å². The number of carbonyl (C=O) groups is 1. The fourth-order valence-electron chi connectivity index (χ4n) is 0.914. The molecule has 1 rings (SSSR count). The molecule has 0 aliphatic rings. The van der Waals surface area contributed by atoms with E-state index in [1.807, 2.05) is 0 Å². The zero-order valence-corrected chi connectivity index (χ0v) is 10.2. The molecule has 0 heterocycles. The SMILES string of the molecule is O=C(c1c(Cl)c(Cl)cc(Cl)c1Cl)C(F)(F)F. The number of benzene rings is 1. The van der Waals surface area contributed by atoms with Crippen LogP contribution in [0.5, 0.6) is 0 Å². The molecule has 0 fully saturated rings. The zero-order chi connectivity index (χ0) is 12.7. The second-order valence-electron chi connectivity index (χ2n) is 2.67. The molecule has 0 N–H and O–H groups in total. The molecule has 0 saturated carbocycles. The Hall–Kier alpha value is -0.160. The first-order valence-electron chi connectivity index (χ1n) is 3.60. The van der Waals surface area contributed by atoms with Gasteiger partial charge in [0.1, 0.15) is 0 Å². The number of alkyl halides is 3. The molecule has 0 saturated heterocycles. The Kier molecular flexibility index (Phi) is 4.00. The summed E-state index contributed by atoms with van der Waals surface area (Å²) in [6.07, 6.45) is -5.10. The van der Waals surface area contributed by atoms with Gasteiger partial charge in [0.05, 0.1) is 25.7 Å². The predicted molar refractivity (Wildman–Crippen MR) is 56.9 cm³/mol. The molecule has 0 bridgehead atoms. The van der Waals surface area contributed by atoms with Crippen LogP contribution in [0.2, 0.25) is 20.1 Å². The maximum absolute atomic E-state index is 12.2. The number of halogens is 7. The number of hydrogen-bond donors (Lipinski definition) is 0. The number of hydrogen-bond acceptors (Lipinski definition) is 1. The summed E-state index contributed by atoms with van der Waals surface area (Å²) in [5.74, 6) is -2.19. The van der Waals surface area contributed by atoms with Crippen molar-refractivity contribution in [2.75, 3.05) is 0 Å². The molecule has 1 nitrogen and oxygen atoms in total. The van der Waals surface area contributed by atoms with Gasteiger partial charge in [-0.3, -0.25) is 4.79 Å². The van der Waals surface area contributed by atoms with Crippen LogP contribution in [0.25, 0.3) is 0 Å². The molecule has 8 heteroatoms. The van der Waals surface area contributed by atoms with Gasteiger partial charge in [0, 0.05) is 0 Å². The van der Waals surface area contributed by atoms with Crippen molar-refractivity contribution in [2.24, 2.45) is 0 Å². The fourth-order valence-corrected chi connectivity index (χ4v) is 1.90. The first-order chi connectivity index (χ1) is 7.16. The molecule has 0 amide bonds. The Morgan fingerprint density at radius 2 is 1.38 bits per heavy atom. The molecule has 0 spiro atoms. The normalized spacial score (nSPS) is 11.7. The molecule has 0 aliphatic carbocycles. The zero-order valence-electron chi connectivity index (χ0n) is 7.13. The lowest BCUT2D eigenvalue weighted by Gasteiger charge is -2.11. The summed E-state index contributed by atoms with van der Waals surface area (Å²) in [7, 11) is 0. The lowest BCUT2D eigenvalue weighted by Crippen LogP contribution is -2.23. The van der Waals surface area contributed by atoms with Gasteiger partial charge in [0.25, 0.3) is 5.78 Å². The summed E-state index contributed by atoms with van der Waals surface area (Å²) in [6, 6.07) is 1.06. The Bertz CT molecular complexity index is 429. The third kappa shape index (κ3) is 2.56. The van der Waals surface area contributed by atoms with Gasteiger partial charge in [-0.1, -0.05) is 46.4 Å². The van der Waals surface area contributed by atoms with Crippen LogP contribution in [0.1, 0.15) is 10.4 Å². The number of carbonyl (C=O) groups excluding carboxylic acids is 1. The molecule has 0 atom stereocenters. The number of Topliss-reactive ketones (excluding diaryl/α,β-unsaturated/α-hetero) is 1. The molecule has 1 aromatic rings. The van der Waals surface area contributed by atoms with Gasteiger partial charge in [0.2, 0.25) is 0 Å². The standard InChI is InChI=1S/C8HCl4F3O/c9-2-1-3(10)6(12)4(5(2)11)7(16)8(13,14)15/h1H. The lowest BCUT2D eigenvalue weighted by atomic mass is 10.1. The van der Waals surface area contributed by atoms with Crippen LogP contribution in [-0.4, -0.2) is 12.0 Å². The van der Waals surface area contributed by atoms with Crippen molar-refractivity contribution < 1.29 is 18.0 Å². The van der Waals surface area contributed by atoms with E-state index >= 15 is 0 Å². The Labute approximate surface area is 108 Å². The largest absolute Gasteiger partial charge is 0.454 e. The summed E-state index contributed by atoms with van der Waals surface area (Å²) >= 11 is 21.9. The highest BCUT2D eigenvalue weighted by Crippen LogP contribution is 2.39. The minimum Gasteiger partial charge on any atom is -0.284 e. The van der Waals surface area contributed by atoms with Crippen LogP contribution < -0.4 is 0 Å². The van der Waals surface area contributed by atoms with E-state index in [1.54, 1.807) is 0 Å². The molecular weight excluding hydrogens is 311 g/mol.